The molecule has 0 radical (unpaired) electrons. The molecule has 5 heteroatoms. The van der Waals surface area contributed by atoms with Gasteiger partial charge in [-0.2, -0.15) is 0 Å². The smallest absolute Gasteiger partial charge is 0.141 e. The van der Waals surface area contributed by atoms with Gasteiger partial charge in [-0.05, 0) is 18.3 Å². The molecule has 78 valence electrons. The summed E-state index contributed by atoms with van der Waals surface area (Å²) in [5.41, 5.74) is 0.406. The minimum absolute atomic E-state index is 0.162. The van der Waals surface area contributed by atoms with E-state index in [2.05, 4.69) is 9.97 Å². The van der Waals surface area contributed by atoms with Gasteiger partial charge >= 0.3 is 0 Å². The van der Waals surface area contributed by atoms with Gasteiger partial charge in [0, 0.05) is 16.3 Å². The van der Waals surface area contributed by atoms with Crippen LogP contribution in [0.25, 0.3) is 10.2 Å². The fraction of sp³-hybridized carbons (Fsp3) is 0.400. The molecule has 0 bridgehead atoms. The number of nitrogens with zero attached hydrogens (tertiary/aromatic N) is 2. The van der Waals surface area contributed by atoms with Crippen LogP contribution < -0.4 is 0 Å². The third-order valence-corrected chi connectivity index (χ3v) is 3.69. The molecule has 1 aliphatic carbocycles. The van der Waals surface area contributed by atoms with E-state index in [1.54, 1.807) is 0 Å². The number of aliphatic hydroxyl groups excluding tert-OH is 1. The van der Waals surface area contributed by atoms with E-state index < -0.39 is 25.3 Å². The third-order valence-electron chi connectivity index (χ3n) is 2.37. The molecule has 3 rings (SSSR count). The van der Waals surface area contributed by atoms with E-state index in [1.807, 2.05) is 0 Å². The summed E-state index contributed by atoms with van der Waals surface area (Å²) in [4.78, 5) is 8.66. The molecule has 0 spiro atoms. The van der Waals surface area contributed by atoms with Crippen molar-refractivity contribution in [3.05, 3.63) is 21.9 Å². The topological polar surface area (TPSA) is 46.0 Å². The second-order valence-electron chi connectivity index (χ2n) is 3.19. The summed E-state index contributed by atoms with van der Waals surface area (Å²) in [7, 11) is 0. The second kappa shape index (κ2) is 3.40. The van der Waals surface area contributed by atoms with Crippen LogP contribution in [-0.2, 0) is 6.37 Å². The van der Waals surface area contributed by atoms with E-state index in [-0.39, 0.29) is 10.0 Å². The minimum Gasteiger partial charge on any atom is -0.396 e. The Labute approximate surface area is 101 Å². The van der Waals surface area contributed by atoms with Crippen LogP contribution >= 0.6 is 22.9 Å². The highest BCUT2D eigenvalue weighted by atomic mass is 35.5. The molecule has 0 unspecified atom stereocenters. The Balaban J connectivity index is 2.42. The maximum absolute atomic E-state index is 9.46. The van der Waals surface area contributed by atoms with Gasteiger partial charge in [0.2, 0.25) is 0 Å². The Morgan fingerprint density at radius 3 is 3.33 bits per heavy atom. The predicted octanol–water partition coefficient (Wildman–Crippen LogP) is 2.37. The molecule has 0 fully saturated rings. The molecular weight excluding hydrogens is 232 g/mol. The van der Waals surface area contributed by atoms with Gasteiger partial charge < -0.3 is 5.11 Å². The number of hydrogen-bond donors (Lipinski definition) is 1. The Bertz CT molecular complexity index is 675. The number of fused-ring (bicyclic) bond motifs is 3. The average molecular weight is 245 g/mol. The molecule has 3 nitrogen and oxygen atoms in total. The first-order chi connectivity index (χ1) is 8.82. The maximum Gasteiger partial charge on any atom is 0.141 e. The van der Waals surface area contributed by atoms with Crippen molar-refractivity contribution in [1.29, 1.82) is 0 Å². The normalized spacial score (nSPS) is 30.4. The van der Waals surface area contributed by atoms with Crippen LogP contribution in [0.3, 0.4) is 0 Å². The number of aryl methyl sites for hydroxylation is 1. The standard InChI is InChI=1S/C10H9ClN2OS/c11-9-8-7-5(3-14)1-2-6(7)15-10(8)13-4-12-9/h4-5,14H,1-3H2/t5-/m1/s1/i1D2,2D2. The van der Waals surface area contributed by atoms with Gasteiger partial charge in [-0.3, -0.25) is 0 Å². The number of thiophene rings is 1. The Kier molecular flexibility index (Phi) is 1.39. The molecule has 1 N–H and O–H groups in total. The third kappa shape index (κ3) is 1.29. The lowest BCUT2D eigenvalue weighted by Crippen LogP contribution is -1.99. The molecule has 1 aliphatic rings. The van der Waals surface area contributed by atoms with Crippen LogP contribution in [0.15, 0.2) is 6.33 Å². The Morgan fingerprint density at radius 2 is 2.53 bits per heavy atom. The summed E-state index contributed by atoms with van der Waals surface area (Å²) >= 11 is 7.09. The zero-order valence-electron chi connectivity index (χ0n) is 11.5. The molecule has 2 aromatic rings. The predicted molar refractivity (Wildman–Crippen MR) is 60.6 cm³/mol. The lowest BCUT2D eigenvalue weighted by atomic mass is 10.0. The van der Waals surface area contributed by atoms with Gasteiger partial charge in [0.05, 0.1) is 12.0 Å². The molecule has 1 atom stereocenters. The van der Waals surface area contributed by atoms with E-state index in [0.29, 0.717) is 15.8 Å². The first-order valence-electron chi connectivity index (χ1n) is 6.36. The highest BCUT2D eigenvalue weighted by Gasteiger charge is 2.28. The number of aromatic nitrogens is 2. The van der Waals surface area contributed by atoms with Gasteiger partial charge in [0.1, 0.15) is 16.3 Å². The summed E-state index contributed by atoms with van der Waals surface area (Å²) in [6, 6.07) is 0. The van der Waals surface area contributed by atoms with Crippen LogP contribution in [-0.4, -0.2) is 21.7 Å². The summed E-state index contributed by atoms with van der Waals surface area (Å²) in [6.45, 7) is -0.490. The second-order valence-corrected chi connectivity index (χ2v) is 4.55. The van der Waals surface area contributed by atoms with Crippen molar-refractivity contribution in [2.45, 2.75) is 18.7 Å². The largest absolute Gasteiger partial charge is 0.396 e. The van der Waals surface area contributed by atoms with Crippen molar-refractivity contribution < 1.29 is 10.6 Å². The van der Waals surface area contributed by atoms with E-state index in [9.17, 15) is 5.11 Å². The van der Waals surface area contributed by atoms with Crippen LogP contribution in [0.5, 0.6) is 0 Å². The molecule has 2 heterocycles. The highest BCUT2D eigenvalue weighted by Crippen LogP contribution is 2.44. The number of rotatable bonds is 1. The van der Waals surface area contributed by atoms with Crippen molar-refractivity contribution in [2.24, 2.45) is 0 Å². The first-order valence-corrected chi connectivity index (χ1v) is 5.56. The number of hydrogen-bond acceptors (Lipinski definition) is 4. The monoisotopic (exact) mass is 244 g/mol. The number of aliphatic hydroxyl groups is 1. The van der Waals surface area contributed by atoms with Crippen molar-refractivity contribution in [2.75, 3.05) is 6.61 Å². The van der Waals surface area contributed by atoms with Crippen molar-refractivity contribution in [3.63, 3.8) is 0 Å². The molecular formula is C10H9ClN2OS. The lowest BCUT2D eigenvalue weighted by Gasteiger charge is -2.06. The molecule has 0 aromatic carbocycles. The van der Waals surface area contributed by atoms with Gasteiger partial charge in [-0.15, -0.1) is 11.3 Å². The fourth-order valence-electron chi connectivity index (χ4n) is 1.71. The van der Waals surface area contributed by atoms with E-state index in [4.69, 9.17) is 17.1 Å². The highest BCUT2D eigenvalue weighted by molar-refractivity contribution is 7.19. The van der Waals surface area contributed by atoms with Crippen LogP contribution in [0.4, 0.5) is 0 Å². The molecule has 2 aromatic heterocycles. The minimum atomic E-state index is -2.18. The average Bonchev–Trinajstić information content (AvgIpc) is 2.76. The fourth-order valence-corrected chi connectivity index (χ4v) is 3.06. The van der Waals surface area contributed by atoms with E-state index >= 15 is 0 Å². The maximum atomic E-state index is 9.46. The summed E-state index contributed by atoms with van der Waals surface area (Å²) in [6.07, 6.45) is -3.07. The Hall–Kier alpha value is -0.710. The molecule has 0 saturated carbocycles. The SMILES string of the molecule is [2H]C1([2H])c2sc3ncnc(Cl)c3c2[C@@H](CO)C1([2H])[2H]. The molecule has 0 amide bonds. The van der Waals surface area contributed by atoms with Gasteiger partial charge in [-0.1, -0.05) is 11.6 Å². The summed E-state index contributed by atoms with van der Waals surface area (Å²) in [5.74, 6) is -0.963. The summed E-state index contributed by atoms with van der Waals surface area (Å²) < 4.78 is 31.9. The van der Waals surface area contributed by atoms with Crippen molar-refractivity contribution in [3.8, 4) is 0 Å². The van der Waals surface area contributed by atoms with Crippen molar-refractivity contribution >= 4 is 33.2 Å². The zero-order valence-corrected chi connectivity index (χ0v) is 9.06. The molecule has 0 saturated heterocycles. The molecule has 0 aliphatic heterocycles. The van der Waals surface area contributed by atoms with E-state index in [0.717, 1.165) is 11.3 Å². The zero-order chi connectivity index (χ0) is 14.0. The van der Waals surface area contributed by atoms with Gasteiger partial charge in [0.25, 0.3) is 0 Å². The van der Waals surface area contributed by atoms with Crippen LogP contribution in [0, 0.1) is 0 Å². The quantitative estimate of drug-likeness (QED) is 0.784. The first kappa shape index (κ1) is 6.13. The van der Waals surface area contributed by atoms with Gasteiger partial charge in [0.15, 0.2) is 0 Å². The van der Waals surface area contributed by atoms with Gasteiger partial charge in [-0.25, -0.2) is 9.97 Å². The van der Waals surface area contributed by atoms with E-state index in [1.165, 1.54) is 6.33 Å². The molecule has 15 heavy (non-hydrogen) atoms. The lowest BCUT2D eigenvalue weighted by molar-refractivity contribution is 0.265. The van der Waals surface area contributed by atoms with Crippen LogP contribution in [0.1, 0.15) is 28.2 Å². The summed E-state index contributed by atoms with van der Waals surface area (Å²) in [5, 5.41) is 10.1. The van der Waals surface area contributed by atoms with Crippen LogP contribution in [0.2, 0.25) is 5.15 Å². The van der Waals surface area contributed by atoms with Crippen molar-refractivity contribution in [1.82, 2.24) is 9.97 Å². The Morgan fingerprint density at radius 1 is 1.67 bits per heavy atom. The number of halogens is 1.